The molecule has 0 unspecified atom stereocenters. The Morgan fingerprint density at radius 1 is 1.46 bits per heavy atom. The Hall–Kier alpha value is -1.78. The fourth-order valence-electron chi connectivity index (χ4n) is 1.19. The minimum atomic E-state index is -0.0788. The molecule has 0 saturated heterocycles. The van der Waals surface area contributed by atoms with E-state index in [-0.39, 0.29) is 11.6 Å². The van der Waals surface area contributed by atoms with Gasteiger partial charge in [0.25, 0.3) is 0 Å². The molecule has 5 heteroatoms. The quantitative estimate of drug-likeness (QED) is 0.621. The lowest BCUT2D eigenvalue weighted by Crippen LogP contribution is -2.21. The molecule has 0 spiro atoms. The summed E-state index contributed by atoms with van der Waals surface area (Å²) in [5, 5.41) is 2.56. The molecule has 2 heterocycles. The maximum absolute atomic E-state index is 11.0. The highest BCUT2D eigenvalue weighted by Gasteiger charge is 2.17. The molecule has 1 aliphatic heterocycles. The molecule has 0 bridgehead atoms. The first-order valence-electron chi connectivity index (χ1n) is 3.90. The van der Waals surface area contributed by atoms with Gasteiger partial charge in [-0.1, -0.05) is 0 Å². The van der Waals surface area contributed by atoms with E-state index in [0.29, 0.717) is 24.9 Å². The van der Waals surface area contributed by atoms with Gasteiger partial charge in [0.1, 0.15) is 5.69 Å². The van der Waals surface area contributed by atoms with E-state index in [1.54, 1.807) is 0 Å². The molecule has 5 nitrogen and oxygen atoms in total. The van der Waals surface area contributed by atoms with Gasteiger partial charge in [0.15, 0.2) is 12.1 Å². The van der Waals surface area contributed by atoms with Gasteiger partial charge in [-0.05, 0) is 0 Å². The Balaban J connectivity index is 2.43. The van der Waals surface area contributed by atoms with Crippen LogP contribution in [0.25, 0.3) is 0 Å². The highest BCUT2D eigenvalue weighted by molar-refractivity contribution is 5.92. The van der Waals surface area contributed by atoms with Crippen LogP contribution in [0.3, 0.4) is 0 Å². The molecular formula is C8H7N3O2. The fraction of sp³-hybridized carbons (Fsp3) is 0.250. The predicted molar refractivity (Wildman–Crippen MR) is 44.4 cm³/mol. The van der Waals surface area contributed by atoms with Crippen LogP contribution in [0.2, 0.25) is 0 Å². The van der Waals surface area contributed by atoms with Crippen molar-refractivity contribution in [1.82, 2.24) is 9.97 Å². The van der Waals surface area contributed by atoms with E-state index in [0.717, 1.165) is 5.69 Å². The summed E-state index contributed by atoms with van der Waals surface area (Å²) in [5.41, 5.74) is 0.978. The number of aldehydes is 1. The SMILES string of the molecule is O=Cc1cnc2c(n1)NC(=O)CC2. The van der Waals surface area contributed by atoms with Gasteiger partial charge in [0, 0.05) is 12.8 Å². The smallest absolute Gasteiger partial charge is 0.225 e. The van der Waals surface area contributed by atoms with Crippen LogP contribution < -0.4 is 5.32 Å². The van der Waals surface area contributed by atoms with Gasteiger partial charge in [-0.3, -0.25) is 14.6 Å². The normalized spacial score (nSPS) is 14.6. The maximum atomic E-state index is 11.0. The molecule has 0 radical (unpaired) electrons. The van der Waals surface area contributed by atoms with Crippen LogP contribution in [0.4, 0.5) is 5.82 Å². The van der Waals surface area contributed by atoms with Crippen LogP contribution in [0.15, 0.2) is 6.20 Å². The molecule has 1 aliphatic rings. The van der Waals surface area contributed by atoms with E-state index in [2.05, 4.69) is 15.3 Å². The minimum absolute atomic E-state index is 0.0788. The molecule has 1 amide bonds. The van der Waals surface area contributed by atoms with E-state index < -0.39 is 0 Å². The van der Waals surface area contributed by atoms with Gasteiger partial charge < -0.3 is 5.32 Å². The third-order valence-corrected chi connectivity index (χ3v) is 1.83. The van der Waals surface area contributed by atoms with Crippen LogP contribution >= 0.6 is 0 Å². The van der Waals surface area contributed by atoms with E-state index in [1.165, 1.54) is 6.20 Å². The van der Waals surface area contributed by atoms with Gasteiger partial charge in [-0.15, -0.1) is 0 Å². The lowest BCUT2D eigenvalue weighted by Gasteiger charge is -2.13. The minimum Gasteiger partial charge on any atom is -0.309 e. The maximum Gasteiger partial charge on any atom is 0.225 e. The van der Waals surface area contributed by atoms with Gasteiger partial charge in [0.2, 0.25) is 5.91 Å². The predicted octanol–water partition coefficient (Wildman–Crippen LogP) is 0.174. The van der Waals surface area contributed by atoms with Gasteiger partial charge in [-0.2, -0.15) is 0 Å². The summed E-state index contributed by atoms with van der Waals surface area (Å²) >= 11 is 0. The molecule has 13 heavy (non-hydrogen) atoms. The van der Waals surface area contributed by atoms with Crippen molar-refractivity contribution >= 4 is 18.0 Å². The number of fused-ring (bicyclic) bond motifs is 1. The van der Waals surface area contributed by atoms with Crippen molar-refractivity contribution in [2.45, 2.75) is 12.8 Å². The largest absolute Gasteiger partial charge is 0.309 e. The Kier molecular flexibility index (Phi) is 1.77. The number of anilines is 1. The second kappa shape index (κ2) is 2.93. The number of aryl methyl sites for hydroxylation is 1. The van der Waals surface area contributed by atoms with Crippen molar-refractivity contribution in [2.24, 2.45) is 0 Å². The molecule has 0 saturated carbocycles. The van der Waals surface area contributed by atoms with E-state index >= 15 is 0 Å². The van der Waals surface area contributed by atoms with Crippen LogP contribution in [0.1, 0.15) is 22.6 Å². The Morgan fingerprint density at radius 3 is 3.08 bits per heavy atom. The van der Waals surface area contributed by atoms with Crippen molar-refractivity contribution in [1.29, 1.82) is 0 Å². The Labute approximate surface area is 74.2 Å². The Bertz CT molecular complexity index is 376. The number of rotatable bonds is 1. The third kappa shape index (κ3) is 1.40. The van der Waals surface area contributed by atoms with Gasteiger partial charge in [-0.25, -0.2) is 4.98 Å². The summed E-state index contributed by atoms with van der Waals surface area (Å²) in [4.78, 5) is 29.3. The average Bonchev–Trinajstić information content (AvgIpc) is 2.16. The molecule has 1 aromatic heterocycles. The first kappa shape index (κ1) is 7.85. The first-order valence-corrected chi connectivity index (χ1v) is 3.90. The zero-order chi connectivity index (χ0) is 9.26. The zero-order valence-electron chi connectivity index (χ0n) is 6.78. The summed E-state index contributed by atoms with van der Waals surface area (Å²) < 4.78 is 0. The summed E-state index contributed by atoms with van der Waals surface area (Å²) in [6.45, 7) is 0. The summed E-state index contributed by atoms with van der Waals surface area (Å²) in [5.74, 6) is 0.339. The molecule has 0 aliphatic carbocycles. The van der Waals surface area contributed by atoms with E-state index in [9.17, 15) is 9.59 Å². The van der Waals surface area contributed by atoms with Crippen molar-refractivity contribution in [3.8, 4) is 0 Å². The highest BCUT2D eigenvalue weighted by Crippen LogP contribution is 2.16. The van der Waals surface area contributed by atoms with Crippen LogP contribution in [0, 0.1) is 0 Å². The average molecular weight is 177 g/mol. The molecular weight excluding hydrogens is 170 g/mol. The standard InChI is InChI=1S/C8H7N3O2/c12-4-5-3-9-6-1-2-7(13)11-8(6)10-5/h3-4H,1-2H2,(H,10,11,13). The van der Waals surface area contributed by atoms with Crippen molar-refractivity contribution in [2.75, 3.05) is 5.32 Å². The number of hydrogen-bond acceptors (Lipinski definition) is 4. The molecule has 0 fully saturated rings. The lowest BCUT2D eigenvalue weighted by atomic mass is 10.1. The van der Waals surface area contributed by atoms with Crippen LogP contribution in [-0.4, -0.2) is 22.2 Å². The topological polar surface area (TPSA) is 72.0 Å². The number of amides is 1. The summed E-state index contributed by atoms with van der Waals surface area (Å²) in [6.07, 6.45) is 3.03. The number of nitrogens with zero attached hydrogens (tertiary/aromatic N) is 2. The summed E-state index contributed by atoms with van der Waals surface area (Å²) in [6, 6.07) is 0. The number of carbonyl (C=O) groups excluding carboxylic acids is 2. The monoisotopic (exact) mass is 177 g/mol. The molecule has 0 aromatic carbocycles. The molecule has 2 rings (SSSR count). The van der Waals surface area contributed by atoms with Crippen molar-refractivity contribution < 1.29 is 9.59 Å². The van der Waals surface area contributed by atoms with Crippen molar-refractivity contribution in [3.05, 3.63) is 17.6 Å². The number of nitrogens with one attached hydrogen (secondary N) is 1. The second-order valence-corrected chi connectivity index (χ2v) is 2.76. The van der Waals surface area contributed by atoms with E-state index in [1.807, 2.05) is 0 Å². The highest BCUT2D eigenvalue weighted by atomic mass is 16.1. The zero-order valence-corrected chi connectivity index (χ0v) is 6.78. The van der Waals surface area contributed by atoms with Crippen LogP contribution in [0.5, 0.6) is 0 Å². The molecule has 1 N–H and O–H groups in total. The molecule has 66 valence electrons. The first-order chi connectivity index (χ1) is 6.29. The van der Waals surface area contributed by atoms with Gasteiger partial charge >= 0.3 is 0 Å². The number of hydrogen-bond donors (Lipinski definition) is 1. The Morgan fingerprint density at radius 2 is 2.31 bits per heavy atom. The molecule has 1 aromatic rings. The van der Waals surface area contributed by atoms with Crippen molar-refractivity contribution in [3.63, 3.8) is 0 Å². The molecule has 0 atom stereocenters. The third-order valence-electron chi connectivity index (χ3n) is 1.83. The fourth-order valence-corrected chi connectivity index (χ4v) is 1.19. The second-order valence-electron chi connectivity index (χ2n) is 2.76. The number of aromatic nitrogens is 2. The van der Waals surface area contributed by atoms with Crippen LogP contribution in [-0.2, 0) is 11.2 Å². The summed E-state index contributed by atoms with van der Waals surface area (Å²) in [7, 11) is 0. The lowest BCUT2D eigenvalue weighted by molar-refractivity contribution is -0.116. The van der Waals surface area contributed by atoms with Gasteiger partial charge in [0.05, 0.1) is 11.9 Å². The number of carbonyl (C=O) groups is 2. The van der Waals surface area contributed by atoms with E-state index in [4.69, 9.17) is 0 Å².